The molecule has 1 rings (SSSR count). The zero-order valence-electron chi connectivity index (χ0n) is 9.10. The Morgan fingerprint density at radius 1 is 1.46 bits per heavy atom. The van der Waals surface area contributed by atoms with E-state index < -0.39 is 0 Å². The molecule has 78 valence electrons. The van der Waals surface area contributed by atoms with Gasteiger partial charge < -0.3 is 11.1 Å². The van der Waals surface area contributed by atoms with E-state index in [0.717, 1.165) is 13.1 Å². The summed E-state index contributed by atoms with van der Waals surface area (Å²) in [6.07, 6.45) is 5.32. The van der Waals surface area contributed by atoms with Gasteiger partial charge in [-0.15, -0.1) is 0 Å². The highest BCUT2D eigenvalue weighted by Gasteiger charge is 2.36. The topological polar surface area (TPSA) is 38.0 Å². The van der Waals surface area contributed by atoms with Gasteiger partial charge in [-0.1, -0.05) is 20.3 Å². The van der Waals surface area contributed by atoms with Crippen LogP contribution < -0.4 is 11.1 Å². The van der Waals surface area contributed by atoms with Gasteiger partial charge in [0.25, 0.3) is 0 Å². The number of hydrogen-bond acceptors (Lipinski definition) is 2. The predicted molar refractivity (Wildman–Crippen MR) is 57.7 cm³/mol. The summed E-state index contributed by atoms with van der Waals surface area (Å²) in [7, 11) is 0. The molecule has 0 aromatic heterocycles. The van der Waals surface area contributed by atoms with Gasteiger partial charge in [-0.2, -0.15) is 0 Å². The highest BCUT2D eigenvalue weighted by Crippen LogP contribution is 2.43. The fourth-order valence-corrected chi connectivity index (χ4v) is 1.68. The lowest BCUT2D eigenvalue weighted by molar-refractivity contribution is 0.414. The molecular weight excluding hydrogens is 160 g/mol. The number of nitrogens with one attached hydrogen (secondary N) is 1. The maximum atomic E-state index is 5.68. The van der Waals surface area contributed by atoms with E-state index in [1.165, 1.54) is 32.2 Å². The zero-order valence-corrected chi connectivity index (χ0v) is 9.10. The quantitative estimate of drug-likeness (QED) is 0.632. The Hall–Kier alpha value is -0.0800. The Kier molecular flexibility index (Phi) is 4.20. The van der Waals surface area contributed by atoms with Crippen molar-refractivity contribution >= 4 is 0 Å². The van der Waals surface area contributed by atoms with Crippen LogP contribution in [0.2, 0.25) is 0 Å². The van der Waals surface area contributed by atoms with Crippen molar-refractivity contribution in [1.29, 1.82) is 0 Å². The molecule has 1 unspecified atom stereocenters. The van der Waals surface area contributed by atoms with E-state index in [-0.39, 0.29) is 0 Å². The van der Waals surface area contributed by atoms with Crippen LogP contribution in [0.25, 0.3) is 0 Å². The lowest BCUT2D eigenvalue weighted by Crippen LogP contribution is -2.31. The van der Waals surface area contributed by atoms with Crippen LogP contribution in [0.1, 0.15) is 39.5 Å². The van der Waals surface area contributed by atoms with Gasteiger partial charge in [0.2, 0.25) is 0 Å². The van der Waals surface area contributed by atoms with Crippen molar-refractivity contribution < 1.29 is 0 Å². The minimum atomic E-state index is 0.630. The zero-order chi connectivity index (χ0) is 9.73. The Morgan fingerprint density at radius 3 is 2.62 bits per heavy atom. The molecule has 0 heterocycles. The highest BCUT2D eigenvalue weighted by atomic mass is 14.9. The molecule has 1 atom stereocenters. The first-order chi connectivity index (χ1) is 6.20. The van der Waals surface area contributed by atoms with E-state index in [0.29, 0.717) is 11.3 Å². The van der Waals surface area contributed by atoms with Crippen molar-refractivity contribution in [3.8, 4) is 0 Å². The second-order valence-electron chi connectivity index (χ2n) is 4.83. The van der Waals surface area contributed by atoms with Crippen LogP contribution in [0.3, 0.4) is 0 Å². The lowest BCUT2D eigenvalue weighted by atomic mass is 10.0. The molecular formula is C11H24N2. The summed E-state index contributed by atoms with van der Waals surface area (Å²) < 4.78 is 0. The minimum Gasteiger partial charge on any atom is -0.330 e. The average molecular weight is 184 g/mol. The van der Waals surface area contributed by atoms with Crippen molar-refractivity contribution in [3.05, 3.63) is 0 Å². The van der Waals surface area contributed by atoms with Gasteiger partial charge in [-0.05, 0) is 43.7 Å². The third kappa shape index (κ3) is 4.10. The fourth-order valence-electron chi connectivity index (χ4n) is 1.68. The fraction of sp³-hybridized carbons (Fsp3) is 1.00. The molecule has 0 aromatic rings. The summed E-state index contributed by atoms with van der Waals surface area (Å²) >= 11 is 0. The van der Waals surface area contributed by atoms with Gasteiger partial charge in [0.05, 0.1) is 0 Å². The number of nitrogens with two attached hydrogens (primary N) is 1. The molecule has 0 aromatic carbocycles. The first kappa shape index (κ1) is 11.0. The summed E-state index contributed by atoms with van der Waals surface area (Å²) in [6.45, 7) is 7.72. The van der Waals surface area contributed by atoms with Crippen LogP contribution in [0, 0.1) is 11.3 Å². The maximum absolute atomic E-state index is 5.68. The molecule has 2 heteroatoms. The molecule has 1 aliphatic carbocycles. The van der Waals surface area contributed by atoms with Crippen molar-refractivity contribution in [2.45, 2.75) is 39.5 Å². The predicted octanol–water partition coefficient (Wildman–Crippen LogP) is 1.75. The molecule has 0 spiro atoms. The van der Waals surface area contributed by atoms with Gasteiger partial charge >= 0.3 is 0 Å². The van der Waals surface area contributed by atoms with Gasteiger partial charge in [0.1, 0.15) is 0 Å². The SMILES string of the molecule is CCCC(CN)CNCC1(C)CC1. The van der Waals surface area contributed by atoms with Crippen molar-refractivity contribution in [2.24, 2.45) is 17.1 Å². The summed E-state index contributed by atoms with van der Waals surface area (Å²) in [5.41, 5.74) is 6.31. The molecule has 3 N–H and O–H groups in total. The van der Waals surface area contributed by atoms with E-state index in [9.17, 15) is 0 Å². The molecule has 0 amide bonds. The van der Waals surface area contributed by atoms with Gasteiger partial charge in [0, 0.05) is 6.54 Å². The standard InChI is InChI=1S/C11H24N2/c1-3-4-10(7-12)8-13-9-11(2)5-6-11/h10,13H,3-9,12H2,1-2H3. The van der Waals surface area contributed by atoms with E-state index >= 15 is 0 Å². The summed E-state index contributed by atoms with van der Waals surface area (Å²) in [4.78, 5) is 0. The third-order valence-electron chi connectivity index (χ3n) is 3.12. The van der Waals surface area contributed by atoms with Crippen molar-refractivity contribution in [3.63, 3.8) is 0 Å². The number of hydrogen-bond donors (Lipinski definition) is 2. The van der Waals surface area contributed by atoms with Gasteiger partial charge in [0.15, 0.2) is 0 Å². The Balaban J connectivity index is 2.02. The Bertz CT molecular complexity index is 141. The van der Waals surface area contributed by atoms with Gasteiger partial charge in [-0.3, -0.25) is 0 Å². The molecule has 0 bridgehead atoms. The minimum absolute atomic E-state index is 0.630. The monoisotopic (exact) mass is 184 g/mol. The van der Waals surface area contributed by atoms with Crippen LogP contribution in [-0.2, 0) is 0 Å². The third-order valence-corrected chi connectivity index (χ3v) is 3.12. The van der Waals surface area contributed by atoms with E-state index in [1.807, 2.05) is 0 Å². The summed E-state index contributed by atoms with van der Waals surface area (Å²) in [6, 6.07) is 0. The van der Waals surface area contributed by atoms with Crippen molar-refractivity contribution in [2.75, 3.05) is 19.6 Å². The smallest absolute Gasteiger partial charge is 0.000529 e. The van der Waals surface area contributed by atoms with Crippen LogP contribution in [0.15, 0.2) is 0 Å². The first-order valence-electron chi connectivity index (χ1n) is 5.61. The molecule has 0 radical (unpaired) electrons. The molecule has 2 nitrogen and oxygen atoms in total. The second kappa shape index (κ2) is 4.97. The average Bonchev–Trinajstić information content (AvgIpc) is 2.83. The molecule has 1 aliphatic rings. The Morgan fingerprint density at radius 2 is 2.15 bits per heavy atom. The molecule has 13 heavy (non-hydrogen) atoms. The van der Waals surface area contributed by atoms with Crippen LogP contribution in [0.4, 0.5) is 0 Å². The maximum Gasteiger partial charge on any atom is 0.000529 e. The molecule has 0 saturated heterocycles. The van der Waals surface area contributed by atoms with Crippen LogP contribution in [-0.4, -0.2) is 19.6 Å². The molecule has 1 fully saturated rings. The second-order valence-corrected chi connectivity index (χ2v) is 4.83. The summed E-state index contributed by atoms with van der Waals surface area (Å²) in [5, 5.41) is 3.54. The largest absolute Gasteiger partial charge is 0.330 e. The lowest BCUT2D eigenvalue weighted by Gasteiger charge is -2.16. The van der Waals surface area contributed by atoms with E-state index in [2.05, 4.69) is 19.2 Å². The molecule has 1 saturated carbocycles. The van der Waals surface area contributed by atoms with E-state index in [4.69, 9.17) is 5.73 Å². The van der Waals surface area contributed by atoms with E-state index in [1.54, 1.807) is 0 Å². The Labute approximate surface area is 82.3 Å². The van der Waals surface area contributed by atoms with Gasteiger partial charge in [-0.25, -0.2) is 0 Å². The normalized spacial score (nSPS) is 21.5. The summed E-state index contributed by atoms with van der Waals surface area (Å²) in [5.74, 6) is 0.687. The van der Waals surface area contributed by atoms with Crippen LogP contribution >= 0.6 is 0 Å². The molecule has 0 aliphatic heterocycles. The highest BCUT2D eigenvalue weighted by molar-refractivity contribution is 4.90. The first-order valence-corrected chi connectivity index (χ1v) is 5.61. The van der Waals surface area contributed by atoms with Crippen molar-refractivity contribution in [1.82, 2.24) is 5.32 Å². The number of rotatable bonds is 7. The van der Waals surface area contributed by atoms with Crippen LogP contribution in [0.5, 0.6) is 0 Å².